The molecule has 1 aromatic rings. The fourth-order valence-electron chi connectivity index (χ4n) is 0.821. The summed E-state index contributed by atoms with van der Waals surface area (Å²) in [5.74, 6) is -0.812. The first-order valence-electron chi connectivity index (χ1n) is 3.34. The summed E-state index contributed by atoms with van der Waals surface area (Å²) >= 11 is 3.01. The van der Waals surface area contributed by atoms with Crippen LogP contribution in [-0.2, 0) is 0 Å². The van der Waals surface area contributed by atoms with Crippen LogP contribution in [0, 0.1) is 11.2 Å². The van der Waals surface area contributed by atoms with Crippen LogP contribution in [0.1, 0.15) is 5.56 Å². The molecule has 5 heteroatoms. The van der Waals surface area contributed by atoms with Crippen molar-refractivity contribution in [3.8, 4) is 0 Å². The number of hydrogen-bond donors (Lipinski definition) is 1. The Hall–Kier alpha value is -0.840. The number of hydrogen-bond acceptors (Lipinski definition) is 1. The normalized spacial score (nSPS) is 10.5. The first-order valence-corrected chi connectivity index (χ1v) is 4.13. The molecule has 0 fully saturated rings. The highest BCUT2D eigenvalue weighted by Crippen LogP contribution is 2.18. The molecule has 0 aliphatic rings. The Morgan fingerprint density at radius 2 is 2.00 bits per heavy atom. The molecule has 0 aliphatic carbocycles. The van der Waals surface area contributed by atoms with Crippen LogP contribution in [0.15, 0.2) is 22.7 Å². The van der Waals surface area contributed by atoms with E-state index in [2.05, 4.69) is 15.9 Å². The van der Waals surface area contributed by atoms with E-state index in [1.807, 2.05) is 0 Å². The van der Waals surface area contributed by atoms with Gasteiger partial charge in [-0.2, -0.15) is 0 Å². The number of halogens is 4. The topological polar surface area (TPSA) is 23.9 Å². The fourth-order valence-corrected chi connectivity index (χ4v) is 1.18. The smallest absolute Gasteiger partial charge is 0.280 e. The van der Waals surface area contributed by atoms with Gasteiger partial charge in [-0.1, -0.05) is 15.9 Å². The lowest BCUT2D eigenvalue weighted by molar-refractivity contribution is 0.225. The first kappa shape index (κ1) is 10.2. The molecule has 70 valence electrons. The maximum absolute atomic E-state index is 12.9. The Labute approximate surface area is 81.2 Å². The highest BCUT2D eigenvalue weighted by molar-refractivity contribution is 9.10. The van der Waals surface area contributed by atoms with E-state index in [-0.39, 0.29) is 5.56 Å². The summed E-state index contributed by atoms with van der Waals surface area (Å²) in [6.07, 6.45) is -2.95. The number of rotatable bonds is 2. The molecule has 0 aliphatic heterocycles. The van der Waals surface area contributed by atoms with Crippen molar-refractivity contribution in [1.82, 2.24) is 0 Å². The third-order valence-electron chi connectivity index (χ3n) is 1.44. The van der Waals surface area contributed by atoms with E-state index >= 15 is 0 Å². The maximum Gasteiger partial charge on any atom is 0.280 e. The van der Waals surface area contributed by atoms with Gasteiger partial charge in [-0.15, -0.1) is 0 Å². The van der Waals surface area contributed by atoms with E-state index in [1.165, 1.54) is 6.07 Å². The van der Waals surface area contributed by atoms with Crippen molar-refractivity contribution >= 4 is 21.6 Å². The predicted molar refractivity (Wildman–Crippen MR) is 46.9 cm³/mol. The minimum absolute atomic E-state index is 0.371. The van der Waals surface area contributed by atoms with Gasteiger partial charge in [0.2, 0.25) is 0 Å². The lowest BCUT2D eigenvalue weighted by atomic mass is 10.1. The molecule has 0 aromatic heterocycles. The molecule has 0 unspecified atom stereocenters. The minimum Gasteiger partial charge on any atom is -0.299 e. The van der Waals surface area contributed by atoms with Crippen LogP contribution >= 0.6 is 15.9 Å². The van der Waals surface area contributed by atoms with Gasteiger partial charge in [0.05, 0.1) is 0 Å². The van der Waals surface area contributed by atoms with Gasteiger partial charge in [-0.3, -0.25) is 5.41 Å². The summed E-state index contributed by atoms with van der Waals surface area (Å²) in [5.41, 5.74) is -1.37. The molecule has 0 bridgehead atoms. The summed E-state index contributed by atoms with van der Waals surface area (Å²) in [6, 6.07) is 3.58. The molecule has 1 aromatic carbocycles. The van der Waals surface area contributed by atoms with Gasteiger partial charge in [0.1, 0.15) is 11.5 Å². The molecule has 0 radical (unpaired) electrons. The zero-order chi connectivity index (χ0) is 10.0. The van der Waals surface area contributed by atoms with Gasteiger partial charge in [-0.05, 0) is 18.2 Å². The third-order valence-corrected chi connectivity index (χ3v) is 1.93. The van der Waals surface area contributed by atoms with Crippen molar-refractivity contribution in [3.63, 3.8) is 0 Å². The zero-order valence-corrected chi connectivity index (χ0v) is 7.91. The average molecular weight is 252 g/mol. The summed E-state index contributed by atoms with van der Waals surface area (Å²) in [4.78, 5) is 0. The zero-order valence-electron chi connectivity index (χ0n) is 6.32. The summed E-state index contributed by atoms with van der Waals surface area (Å²) in [6.45, 7) is 0. The lowest BCUT2D eigenvalue weighted by Crippen LogP contribution is -2.12. The van der Waals surface area contributed by atoms with Crippen LogP contribution in [0.25, 0.3) is 0 Å². The van der Waals surface area contributed by atoms with Crippen molar-refractivity contribution in [2.75, 3.05) is 0 Å². The molecule has 1 N–H and O–H groups in total. The number of alkyl halides is 2. The fraction of sp³-hybridized carbons (Fsp3) is 0.125. The molecule has 0 saturated carbocycles. The second-order valence-corrected chi connectivity index (χ2v) is 3.25. The molecule has 0 atom stereocenters. The van der Waals surface area contributed by atoms with E-state index < -0.39 is 18.0 Å². The van der Waals surface area contributed by atoms with Crippen molar-refractivity contribution in [2.45, 2.75) is 6.43 Å². The van der Waals surface area contributed by atoms with Gasteiger partial charge < -0.3 is 0 Å². The summed E-state index contributed by atoms with van der Waals surface area (Å²) in [5, 5.41) is 6.91. The van der Waals surface area contributed by atoms with E-state index in [9.17, 15) is 13.2 Å². The second kappa shape index (κ2) is 3.91. The SMILES string of the molecule is N=C(c1cc(Br)ccc1F)C(F)F. The Morgan fingerprint density at radius 1 is 1.38 bits per heavy atom. The standard InChI is InChI=1S/C8H5BrF3N/c9-4-1-2-6(10)5(3-4)7(13)8(11)12/h1-3,8,13H. The summed E-state index contributed by atoms with van der Waals surface area (Å²) in [7, 11) is 0. The Bertz CT molecular complexity index is 338. The van der Waals surface area contributed by atoms with E-state index in [1.54, 1.807) is 0 Å². The Kier molecular flexibility index (Phi) is 3.08. The van der Waals surface area contributed by atoms with Gasteiger partial charge >= 0.3 is 0 Å². The van der Waals surface area contributed by atoms with Crippen LogP contribution in [0.3, 0.4) is 0 Å². The molecule has 0 spiro atoms. The van der Waals surface area contributed by atoms with Crippen LogP contribution in [0.5, 0.6) is 0 Å². The quantitative estimate of drug-likeness (QED) is 0.781. The lowest BCUT2D eigenvalue weighted by Gasteiger charge is -2.04. The van der Waals surface area contributed by atoms with Crippen molar-refractivity contribution in [1.29, 1.82) is 5.41 Å². The minimum atomic E-state index is -2.95. The van der Waals surface area contributed by atoms with Gasteiger partial charge in [0.15, 0.2) is 0 Å². The van der Waals surface area contributed by atoms with Gasteiger partial charge in [0, 0.05) is 10.0 Å². The summed E-state index contributed by atoms with van der Waals surface area (Å²) < 4.78 is 37.4. The monoisotopic (exact) mass is 251 g/mol. The van der Waals surface area contributed by atoms with E-state index in [0.717, 1.165) is 12.1 Å². The molecule has 13 heavy (non-hydrogen) atoms. The average Bonchev–Trinajstić information content (AvgIpc) is 2.08. The van der Waals surface area contributed by atoms with Crippen LogP contribution < -0.4 is 0 Å². The largest absolute Gasteiger partial charge is 0.299 e. The predicted octanol–water partition coefficient (Wildman–Crippen LogP) is 3.22. The Balaban J connectivity index is 3.13. The van der Waals surface area contributed by atoms with Crippen LogP contribution in [0.2, 0.25) is 0 Å². The highest BCUT2D eigenvalue weighted by Gasteiger charge is 2.17. The molecule has 0 heterocycles. The molecular weight excluding hydrogens is 247 g/mol. The molecule has 0 amide bonds. The van der Waals surface area contributed by atoms with Crippen LogP contribution in [-0.4, -0.2) is 12.1 Å². The van der Waals surface area contributed by atoms with Gasteiger partial charge in [-0.25, -0.2) is 13.2 Å². The van der Waals surface area contributed by atoms with Crippen LogP contribution in [0.4, 0.5) is 13.2 Å². The molecule has 1 nitrogen and oxygen atoms in total. The highest BCUT2D eigenvalue weighted by atomic mass is 79.9. The van der Waals surface area contributed by atoms with E-state index in [4.69, 9.17) is 5.41 Å². The Morgan fingerprint density at radius 3 is 2.54 bits per heavy atom. The molecule has 1 rings (SSSR count). The maximum atomic E-state index is 12.9. The number of benzene rings is 1. The van der Waals surface area contributed by atoms with Crippen molar-refractivity contribution in [3.05, 3.63) is 34.1 Å². The van der Waals surface area contributed by atoms with Crippen molar-refractivity contribution < 1.29 is 13.2 Å². The molecule has 0 saturated heterocycles. The van der Waals surface area contributed by atoms with Gasteiger partial charge in [0.25, 0.3) is 6.43 Å². The first-order chi connectivity index (χ1) is 6.02. The second-order valence-electron chi connectivity index (χ2n) is 2.34. The van der Waals surface area contributed by atoms with Crippen molar-refractivity contribution in [2.24, 2.45) is 0 Å². The molecular formula is C8H5BrF3N. The third kappa shape index (κ3) is 2.30. The number of nitrogens with one attached hydrogen (secondary N) is 1. The van der Waals surface area contributed by atoms with E-state index in [0.29, 0.717) is 4.47 Å².